The molecule has 112 valence electrons. The molecule has 1 aliphatic heterocycles. The van der Waals surface area contributed by atoms with Crippen LogP contribution in [-0.2, 0) is 11.3 Å². The molecule has 1 aromatic heterocycles. The Bertz CT molecular complexity index is 459. The molecule has 1 fully saturated rings. The molecule has 20 heavy (non-hydrogen) atoms. The number of ether oxygens (including phenoxy) is 1. The quantitative estimate of drug-likeness (QED) is 0.491. The monoisotopic (exact) mass is 297 g/mol. The zero-order valence-electron chi connectivity index (χ0n) is 12.1. The molecule has 1 aromatic rings. The summed E-state index contributed by atoms with van der Waals surface area (Å²) >= 11 is 1.50. The van der Waals surface area contributed by atoms with Crippen molar-refractivity contribution in [2.24, 2.45) is 11.8 Å². The maximum absolute atomic E-state index is 11.6. The Hall–Kier alpha value is -0.950. The zero-order chi connectivity index (χ0) is 14.5. The summed E-state index contributed by atoms with van der Waals surface area (Å²) in [5.41, 5.74) is 3.42. The molecule has 6 heteroatoms. The van der Waals surface area contributed by atoms with E-state index in [9.17, 15) is 4.79 Å². The molecule has 0 radical (unpaired) electrons. The molecule has 0 bridgehead atoms. The van der Waals surface area contributed by atoms with Gasteiger partial charge in [0.2, 0.25) is 0 Å². The van der Waals surface area contributed by atoms with Crippen LogP contribution in [0.1, 0.15) is 33.0 Å². The lowest BCUT2D eigenvalue weighted by atomic mass is 9.98. The fourth-order valence-electron chi connectivity index (χ4n) is 2.77. The number of carbonyl (C=O) groups is 1. The summed E-state index contributed by atoms with van der Waals surface area (Å²) in [6, 6.07) is 1.96. The minimum Gasteiger partial charge on any atom is -0.384 e. The van der Waals surface area contributed by atoms with Crippen molar-refractivity contribution in [2.45, 2.75) is 26.3 Å². The van der Waals surface area contributed by atoms with Crippen molar-refractivity contribution in [1.29, 1.82) is 0 Å². The first-order chi connectivity index (χ1) is 9.63. The summed E-state index contributed by atoms with van der Waals surface area (Å²) in [7, 11) is 1.76. The van der Waals surface area contributed by atoms with Crippen LogP contribution in [0.25, 0.3) is 0 Å². The van der Waals surface area contributed by atoms with E-state index in [0.717, 1.165) is 26.2 Å². The van der Waals surface area contributed by atoms with Crippen LogP contribution in [0.15, 0.2) is 6.07 Å². The van der Waals surface area contributed by atoms with Gasteiger partial charge in [-0.3, -0.25) is 15.1 Å². The van der Waals surface area contributed by atoms with Gasteiger partial charge in [-0.1, -0.05) is 0 Å². The third-order valence-electron chi connectivity index (χ3n) is 3.77. The van der Waals surface area contributed by atoms with E-state index < -0.39 is 0 Å². The SMILES string of the molecule is COCC1CCCN(Cc2cc(C(=O)NN)sc2C)C1. The van der Waals surface area contributed by atoms with Crippen LogP contribution in [0.2, 0.25) is 0 Å². The van der Waals surface area contributed by atoms with Gasteiger partial charge in [0, 0.05) is 25.1 Å². The van der Waals surface area contributed by atoms with E-state index in [1.165, 1.54) is 34.6 Å². The van der Waals surface area contributed by atoms with E-state index in [1.54, 1.807) is 7.11 Å². The summed E-state index contributed by atoms with van der Waals surface area (Å²) in [5.74, 6) is 5.60. The van der Waals surface area contributed by atoms with E-state index >= 15 is 0 Å². The van der Waals surface area contributed by atoms with E-state index in [2.05, 4.69) is 17.2 Å². The highest BCUT2D eigenvalue weighted by molar-refractivity contribution is 7.14. The molecule has 0 aliphatic carbocycles. The van der Waals surface area contributed by atoms with Gasteiger partial charge in [-0.2, -0.15) is 0 Å². The van der Waals surface area contributed by atoms with Crippen molar-refractivity contribution in [3.63, 3.8) is 0 Å². The number of thiophene rings is 1. The number of hydrogen-bond acceptors (Lipinski definition) is 5. The van der Waals surface area contributed by atoms with Gasteiger partial charge in [-0.15, -0.1) is 11.3 Å². The van der Waals surface area contributed by atoms with Gasteiger partial charge in [-0.25, -0.2) is 5.84 Å². The molecule has 1 amide bonds. The molecule has 3 N–H and O–H groups in total. The Morgan fingerprint density at radius 2 is 2.45 bits per heavy atom. The lowest BCUT2D eigenvalue weighted by Crippen LogP contribution is -2.36. The van der Waals surface area contributed by atoms with E-state index in [0.29, 0.717) is 10.8 Å². The fraction of sp³-hybridized carbons (Fsp3) is 0.643. The van der Waals surface area contributed by atoms with Crippen LogP contribution in [0.5, 0.6) is 0 Å². The molecule has 0 spiro atoms. The predicted octanol–water partition coefficient (Wildman–Crippen LogP) is 1.52. The van der Waals surface area contributed by atoms with Crippen LogP contribution in [0, 0.1) is 12.8 Å². The Morgan fingerprint density at radius 1 is 1.65 bits per heavy atom. The highest BCUT2D eigenvalue weighted by atomic mass is 32.1. The molecule has 1 aliphatic rings. The summed E-state index contributed by atoms with van der Waals surface area (Å²) in [6.45, 7) is 5.99. The second-order valence-corrected chi connectivity index (χ2v) is 6.62. The minimum atomic E-state index is -0.208. The molecule has 0 saturated carbocycles. The summed E-state index contributed by atoms with van der Waals surface area (Å²) < 4.78 is 5.26. The van der Waals surface area contributed by atoms with Gasteiger partial charge in [0.25, 0.3) is 5.91 Å². The second kappa shape index (κ2) is 7.17. The van der Waals surface area contributed by atoms with Gasteiger partial charge in [0.15, 0.2) is 0 Å². The maximum atomic E-state index is 11.6. The van der Waals surface area contributed by atoms with E-state index in [4.69, 9.17) is 10.6 Å². The van der Waals surface area contributed by atoms with Gasteiger partial charge >= 0.3 is 0 Å². The fourth-order valence-corrected chi connectivity index (χ4v) is 3.70. The summed E-state index contributed by atoms with van der Waals surface area (Å²) in [4.78, 5) is 15.9. The highest BCUT2D eigenvalue weighted by Gasteiger charge is 2.21. The van der Waals surface area contributed by atoms with Gasteiger partial charge < -0.3 is 4.74 Å². The van der Waals surface area contributed by atoms with Crippen LogP contribution >= 0.6 is 11.3 Å². The smallest absolute Gasteiger partial charge is 0.275 e. The highest BCUT2D eigenvalue weighted by Crippen LogP contribution is 2.25. The number of nitrogen functional groups attached to an aromatic ring is 1. The average Bonchev–Trinajstić information content (AvgIpc) is 2.80. The average molecular weight is 297 g/mol. The molecule has 1 saturated heterocycles. The number of nitrogens with zero attached hydrogens (tertiary/aromatic N) is 1. The predicted molar refractivity (Wildman–Crippen MR) is 80.6 cm³/mol. The molecule has 1 atom stereocenters. The largest absolute Gasteiger partial charge is 0.384 e. The number of rotatable bonds is 5. The molecule has 2 heterocycles. The third kappa shape index (κ3) is 3.79. The topological polar surface area (TPSA) is 67.6 Å². The van der Waals surface area contributed by atoms with Gasteiger partial charge in [0.1, 0.15) is 0 Å². The van der Waals surface area contributed by atoms with Crippen molar-refractivity contribution >= 4 is 17.2 Å². The van der Waals surface area contributed by atoms with Crippen LogP contribution in [0.4, 0.5) is 0 Å². The Balaban J connectivity index is 1.99. The Kier molecular flexibility index (Phi) is 5.54. The number of amides is 1. The summed E-state index contributed by atoms with van der Waals surface area (Å²) in [5, 5.41) is 0. The van der Waals surface area contributed by atoms with E-state index in [-0.39, 0.29) is 5.91 Å². The molecule has 5 nitrogen and oxygen atoms in total. The normalized spacial score (nSPS) is 20.1. The standard InChI is InChI=1S/C14H23N3O2S/c1-10-12(6-13(20-10)14(18)16-15)8-17-5-3-4-11(7-17)9-19-2/h6,11H,3-5,7-9,15H2,1-2H3,(H,16,18). The summed E-state index contributed by atoms with van der Waals surface area (Å²) in [6.07, 6.45) is 2.46. The molecule has 2 rings (SSSR count). The Labute approximate surface area is 124 Å². The van der Waals surface area contributed by atoms with Crippen molar-refractivity contribution in [1.82, 2.24) is 10.3 Å². The molecular formula is C14H23N3O2S. The minimum absolute atomic E-state index is 0.208. The number of carbonyl (C=O) groups excluding carboxylic acids is 1. The van der Waals surface area contributed by atoms with E-state index in [1.807, 2.05) is 6.07 Å². The number of nitrogens with two attached hydrogens (primary N) is 1. The number of aryl methyl sites for hydroxylation is 1. The molecular weight excluding hydrogens is 274 g/mol. The number of hydrogen-bond donors (Lipinski definition) is 2. The van der Waals surface area contributed by atoms with Crippen LogP contribution in [0.3, 0.4) is 0 Å². The van der Waals surface area contributed by atoms with Crippen LogP contribution < -0.4 is 11.3 Å². The van der Waals surface area contributed by atoms with Crippen molar-refractivity contribution < 1.29 is 9.53 Å². The lowest BCUT2D eigenvalue weighted by molar-refractivity contribution is 0.0873. The van der Waals surface area contributed by atoms with Crippen LogP contribution in [-0.4, -0.2) is 37.6 Å². The maximum Gasteiger partial charge on any atom is 0.275 e. The van der Waals surface area contributed by atoms with Crippen molar-refractivity contribution in [3.8, 4) is 0 Å². The number of piperidine rings is 1. The van der Waals surface area contributed by atoms with Crippen molar-refractivity contribution in [2.75, 3.05) is 26.8 Å². The van der Waals surface area contributed by atoms with Gasteiger partial charge in [-0.05, 0) is 43.9 Å². The number of methoxy groups -OCH3 is 1. The third-order valence-corrected chi connectivity index (χ3v) is 4.87. The molecule has 0 aromatic carbocycles. The zero-order valence-corrected chi connectivity index (χ0v) is 13.0. The van der Waals surface area contributed by atoms with Gasteiger partial charge in [0.05, 0.1) is 11.5 Å². The second-order valence-electron chi connectivity index (χ2n) is 5.36. The number of hydrazine groups is 1. The molecule has 1 unspecified atom stereocenters. The van der Waals surface area contributed by atoms with Crippen molar-refractivity contribution in [3.05, 3.63) is 21.4 Å². The number of likely N-dealkylation sites (tertiary alicyclic amines) is 1. The first-order valence-corrected chi connectivity index (χ1v) is 7.77. The Morgan fingerprint density at radius 3 is 3.15 bits per heavy atom. The number of nitrogens with one attached hydrogen (secondary N) is 1. The lowest BCUT2D eigenvalue weighted by Gasteiger charge is -2.32. The first kappa shape index (κ1) is 15.4. The first-order valence-electron chi connectivity index (χ1n) is 6.95.